The van der Waals surface area contributed by atoms with Gasteiger partial charge in [-0.05, 0) is 31.2 Å². The van der Waals surface area contributed by atoms with Gasteiger partial charge in [0.1, 0.15) is 17.3 Å². The van der Waals surface area contributed by atoms with Crippen molar-refractivity contribution in [1.82, 2.24) is 9.88 Å². The summed E-state index contributed by atoms with van der Waals surface area (Å²) >= 11 is 1.86. The van der Waals surface area contributed by atoms with Crippen LogP contribution in [-0.2, 0) is 0 Å². The first-order chi connectivity index (χ1) is 11.1. The first-order valence-corrected chi connectivity index (χ1v) is 8.80. The number of carbonyl (C=O) groups is 1. The Balaban J connectivity index is 1.88. The van der Waals surface area contributed by atoms with Crippen molar-refractivity contribution in [2.24, 2.45) is 0 Å². The van der Waals surface area contributed by atoms with E-state index in [-0.39, 0.29) is 11.9 Å². The van der Waals surface area contributed by atoms with Crippen LogP contribution in [0.2, 0.25) is 0 Å². The predicted molar refractivity (Wildman–Crippen MR) is 93.1 cm³/mol. The van der Waals surface area contributed by atoms with E-state index in [1.54, 1.807) is 12.3 Å². The van der Waals surface area contributed by atoms with Crippen LogP contribution in [0.25, 0.3) is 0 Å². The number of carbonyl (C=O) groups excluding carboxylic acids is 1. The maximum atomic E-state index is 13.0. The number of anilines is 1. The molecule has 3 rings (SSSR count). The van der Waals surface area contributed by atoms with Gasteiger partial charge in [-0.2, -0.15) is 11.8 Å². The fourth-order valence-electron chi connectivity index (χ4n) is 2.68. The lowest BCUT2D eigenvalue weighted by atomic mass is 10.1. The molecule has 1 saturated heterocycles. The highest BCUT2D eigenvalue weighted by atomic mass is 32.2. The minimum atomic E-state index is -0.00841. The Hall–Kier alpha value is -1.95. The van der Waals surface area contributed by atoms with Crippen LogP contribution in [0.1, 0.15) is 27.9 Å². The molecule has 6 heteroatoms. The molecule has 1 aliphatic heterocycles. The number of hydrogen-bond acceptors (Lipinski definition) is 5. The quantitative estimate of drug-likeness (QED) is 0.865. The van der Waals surface area contributed by atoms with Gasteiger partial charge in [0, 0.05) is 43.9 Å². The zero-order chi connectivity index (χ0) is 16.4. The third kappa shape index (κ3) is 3.37. The van der Waals surface area contributed by atoms with Gasteiger partial charge in [-0.15, -0.1) is 0 Å². The average molecular weight is 331 g/mol. The molecule has 0 unspecified atom stereocenters. The third-order valence-corrected chi connectivity index (χ3v) is 4.95. The van der Waals surface area contributed by atoms with Crippen molar-refractivity contribution in [3.05, 3.63) is 47.5 Å². The first-order valence-electron chi connectivity index (χ1n) is 7.64. The number of nitrogens with zero attached hydrogens (tertiary/aromatic N) is 3. The number of aryl methyl sites for hydroxylation is 1. The molecular formula is C17H21N3O2S. The van der Waals surface area contributed by atoms with Gasteiger partial charge >= 0.3 is 0 Å². The molecule has 2 aromatic rings. The number of thioether (sulfide) groups is 1. The van der Waals surface area contributed by atoms with Crippen LogP contribution >= 0.6 is 11.8 Å². The lowest BCUT2D eigenvalue weighted by Crippen LogP contribution is -2.40. The second-order valence-electron chi connectivity index (χ2n) is 5.83. The van der Waals surface area contributed by atoms with Gasteiger partial charge in [-0.1, -0.05) is 0 Å². The summed E-state index contributed by atoms with van der Waals surface area (Å²) in [5, 5.41) is 0. The van der Waals surface area contributed by atoms with E-state index in [2.05, 4.69) is 4.98 Å². The molecule has 1 atom stereocenters. The first kappa shape index (κ1) is 15.9. The number of pyridine rings is 1. The van der Waals surface area contributed by atoms with Gasteiger partial charge in [0.15, 0.2) is 0 Å². The number of furan rings is 1. The minimum absolute atomic E-state index is 0.00841. The van der Waals surface area contributed by atoms with E-state index in [1.165, 1.54) is 0 Å². The molecule has 5 nitrogen and oxygen atoms in total. The SMILES string of the molecule is Cc1ccc([C@@H]2CSCCN2C(=O)c2ccnc(N(C)C)c2)o1. The zero-order valence-electron chi connectivity index (χ0n) is 13.7. The molecule has 0 aromatic carbocycles. The standard InChI is InChI=1S/C17H21N3O2S/c1-12-4-5-15(22-12)14-11-23-9-8-20(14)17(21)13-6-7-18-16(10-13)19(2)3/h4-7,10,14H,8-9,11H2,1-3H3/t14-/m0/s1. The van der Waals surface area contributed by atoms with Crippen molar-refractivity contribution in [2.45, 2.75) is 13.0 Å². The third-order valence-electron chi connectivity index (χ3n) is 3.93. The molecule has 1 fully saturated rings. The summed E-state index contributed by atoms with van der Waals surface area (Å²) in [5.74, 6) is 4.38. The van der Waals surface area contributed by atoms with Gasteiger partial charge < -0.3 is 14.2 Å². The minimum Gasteiger partial charge on any atom is -0.464 e. The van der Waals surface area contributed by atoms with Crippen molar-refractivity contribution in [3.63, 3.8) is 0 Å². The molecule has 0 N–H and O–H groups in total. The Kier molecular flexibility index (Phi) is 4.61. The Morgan fingerprint density at radius 2 is 2.22 bits per heavy atom. The number of amides is 1. The number of hydrogen-bond donors (Lipinski definition) is 0. The summed E-state index contributed by atoms with van der Waals surface area (Å²) in [6, 6.07) is 7.54. The summed E-state index contributed by atoms with van der Waals surface area (Å²) < 4.78 is 5.77. The topological polar surface area (TPSA) is 49.6 Å². The second-order valence-corrected chi connectivity index (χ2v) is 6.98. The summed E-state index contributed by atoms with van der Waals surface area (Å²) in [4.78, 5) is 21.1. The molecule has 2 aromatic heterocycles. The van der Waals surface area contributed by atoms with Gasteiger partial charge in [0.25, 0.3) is 5.91 Å². The monoisotopic (exact) mass is 331 g/mol. The summed E-state index contributed by atoms with van der Waals surface area (Å²) in [6.07, 6.45) is 1.69. The molecule has 3 heterocycles. The van der Waals surface area contributed by atoms with Gasteiger partial charge in [0.2, 0.25) is 0 Å². The fourth-order valence-corrected chi connectivity index (χ4v) is 3.74. The molecular weight excluding hydrogens is 310 g/mol. The van der Waals surface area contributed by atoms with Crippen LogP contribution in [0.4, 0.5) is 5.82 Å². The maximum absolute atomic E-state index is 13.0. The van der Waals surface area contributed by atoms with E-state index in [4.69, 9.17) is 4.42 Å². The summed E-state index contributed by atoms with van der Waals surface area (Å²) in [6.45, 7) is 2.66. The van der Waals surface area contributed by atoms with E-state index >= 15 is 0 Å². The van der Waals surface area contributed by atoms with E-state index in [9.17, 15) is 4.79 Å². The molecule has 23 heavy (non-hydrogen) atoms. The van der Waals surface area contributed by atoms with Gasteiger partial charge in [-0.3, -0.25) is 4.79 Å². The van der Waals surface area contributed by atoms with Crippen LogP contribution in [0.15, 0.2) is 34.9 Å². The van der Waals surface area contributed by atoms with E-state index in [1.807, 2.05) is 60.8 Å². The van der Waals surface area contributed by atoms with Crippen molar-refractivity contribution < 1.29 is 9.21 Å². The maximum Gasteiger partial charge on any atom is 0.254 e. The average Bonchev–Trinajstić information content (AvgIpc) is 3.00. The van der Waals surface area contributed by atoms with Crippen LogP contribution in [0.3, 0.4) is 0 Å². The Morgan fingerprint density at radius 3 is 2.91 bits per heavy atom. The Morgan fingerprint density at radius 1 is 1.39 bits per heavy atom. The largest absolute Gasteiger partial charge is 0.464 e. The van der Waals surface area contributed by atoms with Crippen molar-refractivity contribution in [2.75, 3.05) is 37.0 Å². The molecule has 0 radical (unpaired) electrons. The molecule has 0 bridgehead atoms. The molecule has 0 aliphatic carbocycles. The zero-order valence-corrected chi connectivity index (χ0v) is 14.5. The lowest BCUT2D eigenvalue weighted by Gasteiger charge is -2.34. The number of aromatic nitrogens is 1. The van der Waals surface area contributed by atoms with Crippen molar-refractivity contribution in [1.29, 1.82) is 0 Å². The smallest absolute Gasteiger partial charge is 0.254 e. The Bertz CT molecular complexity index is 699. The predicted octanol–water partition coefficient (Wildman–Crippen LogP) is 2.98. The van der Waals surface area contributed by atoms with E-state index < -0.39 is 0 Å². The lowest BCUT2D eigenvalue weighted by molar-refractivity contribution is 0.0681. The second kappa shape index (κ2) is 6.66. The normalized spacial score (nSPS) is 18.0. The molecule has 1 amide bonds. The highest BCUT2D eigenvalue weighted by molar-refractivity contribution is 7.99. The molecule has 1 aliphatic rings. The van der Waals surface area contributed by atoms with Crippen LogP contribution in [0.5, 0.6) is 0 Å². The van der Waals surface area contributed by atoms with Crippen LogP contribution in [-0.4, -0.2) is 47.9 Å². The van der Waals surface area contributed by atoms with Crippen LogP contribution in [0, 0.1) is 6.92 Å². The highest BCUT2D eigenvalue weighted by Crippen LogP contribution is 2.32. The molecule has 122 valence electrons. The molecule has 0 spiro atoms. The van der Waals surface area contributed by atoms with E-state index in [0.29, 0.717) is 5.56 Å². The van der Waals surface area contributed by atoms with Crippen molar-refractivity contribution >= 4 is 23.5 Å². The van der Waals surface area contributed by atoms with Gasteiger partial charge in [0.05, 0.1) is 6.04 Å². The van der Waals surface area contributed by atoms with Crippen molar-refractivity contribution in [3.8, 4) is 0 Å². The fraction of sp³-hybridized carbons (Fsp3) is 0.412. The Labute approximate surface area is 140 Å². The highest BCUT2D eigenvalue weighted by Gasteiger charge is 2.31. The van der Waals surface area contributed by atoms with Crippen LogP contribution < -0.4 is 4.90 Å². The summed E-state index contributed by atoms with van der Waals surface area (Å²) in [5.41, 5.74) is 0.670. The van der Waals surface area contributed by atoms with E-state index in [0.717, 1.165) is 35.4 Å². The molecule has 0 saturated carbocycles. The number of rotatable bonds is 3. The van der Waals surface area contributed by atoms with Gasteiger partial charge in [-0.25, -0.2) is 4.98 Å². The summed E-state index contributed by atoms with van der Waals surface area (Å²) in [7, 11) is 3.84.